The highest BCUT2D eigenvalue weighted by Crippen LogP contribution is 2.27. The Kier molecular flexibility index (Phi) is 7.98. The summed E-state index contributed by atoms with van der Waals surface area (Å²) in [5.41, 5.74) is 5.88. The predicted molar refractivity (Wildman–Crippen MR) is 108 cm³/mol. The number of nitrogens with two attached hydrogens (primary N) is 1. The SMILES string of the molecule is CCCOc1ccc(F)c2c(=O)c(-c3ccc(OC)cc3)c[nH]c12.NCCO. The van der Waals surface area contributed by atoms with Crippen LogP contribution in [0.5, 0.6) is 11.5 Å². The molecule has 3 aromatic rings. The first-order chi connectivity index (χ1) is 13.6. The molecule has 0 aliphatic carbocycles. The van der Waals surface area contributed by atoms with Crippen molar-refractivity contribution >= 4 is 10.9 Å². The van der Waals surface area contributed by atoms with Crippen LogP contribution in [0.15, 0.2) is 47.4 Å². The van der Waals surface area contributed by atoms with Crippen molar-refractivity contribution in [1.29, 1.82) is 0 Å². The van der Waals surface area contributed by atoms with Gasteiger partial charge < -0.3 is 25.3 Å². The van der Waals surface area contributed by atoms with E-state index >= 15 is 0 Å². The number of halogens is 1. The number of aliphatic hydroxyl groups excluding tert-OH is 1. The highest BCUT2D eigenvalue weighted by Gasteiger charge is 2.15. The standard InChI is InChI=1S/C19H18FNO3.C2H7NO/c1-3-10-24-16-9-8-15(20)17-18(16)21-11-14(19(17)22)12-4-6-13(23-2)7-5-12;3-1-2-4/h4-9,11H,3,10H2,1-2H3,(H,21,22);4H,1-3H2. The summed E-state index contributed by atoms with van der Waals surface area (Å²) in [4.78, 5) is 15.8. The third-order valence-corrected chi connectivity index (χ3v) is 3.94. The fourth-order valence-corrected chi connectivity index (χ4v) is 2.59. The van der Waals surface area contributed by atoms with Gasteiger partial charge in [-0.15, -0.1) is 0 Å². The molecule has 0 radical (unpaired) electrons. The molecule has 4 N–H and O–H groups in total. The van der Waals surface area contributed by atoms with Gasteiger partial charge in [0.2, 0.25) is 0 Å². The summed E-state index contributed by atoms with van der Waals surface area (Å²) in [6, 6.07) is 9.86. The van der Waals surface area contributed by atoms with Gasteiger partial charge in [0, 0.05) is 18.3 Å². The Labute approximate surface area is 162 Å². The lowest BCUT2D eigenvalue weighted by Gasteiger charge is -2.10. The van der Waals surface area contributed by atoms with Gasteiger partial charge in [0.1, 0.15) is 17.3 Å². The highest BCUT2D eigenvalue weighted by molar-refractivity contribution is 5.88. The van der Waals surface area contributed by atoms with Crippen LogP contribution in [0.1, 0.15) is 13.3 Å². The minimum atomic E-state index is -0.564. The summed E-state index contributed by atoms with van der Waals surface area (Å²) < 4.78 is 25.0. The van der Waals surface area contributed by atoms with Gasteiger partial charge in [-0.3, -0.25) is 4.79 Å². The highest BCUT2D eigenvalue weighted by atomic mass is 19.1. The van der Waals surface area contributed by atoms with E-state index < -0.39 is 5.82 Å². The van der Waals surface area contributed by atoms with Gasteiger partial charge in [0.15, 0.2) is 5.43 Å². The molecule has 2 aromatic carbocycles. The predicted octanol–water partition coefficient (Wildman–Crippen LogP) is 3.07. The Morgan fingerprint density at radius 2 is 1.86 bits per heavy atom. The average Bonchev–Trinajstić information content (AvgIpc) is 2.73. The van der Waals surface area contributed by atoms with Crippen LogP contribution in [0.3, 0.4) is 0 Å². The maximum Gasteiger partial charge on any atom is 0.200 e. The molecule has 0 aliphatic heterocycles. The molecule has 0 amide bonds. The number of rotatable bonds is 6. The maximum absolute atomic E-state index is 14.3. The molecule has 7 heteroatoms. The van der Waals surface area contributed by atoms with E-state index in [4.69, 9.17) is 20.3 Å². The number of methoxy groups -OCH3 is 1. The van der Waals surface area contributed by atoms with E-state index in [-0.39, 0.29) is 17.4 Å². The zero-order valence-corrected chi connectivity index (χ0v) is 16.0. The van der Waals surface area contributed by atoms with Crippen molar-refractivity contribution in [2.75, 3.05) is 26.9 Å². The van der Waals surface area contributed by atoms with E-state index in [1.54, 1.807) is 37.6 Å². The molecule has 6 nitrogen and oxygen atoms in total. The Morgan fingerprint density at radius 3 is 2.43 bits per heavy atom. The van der Waals surface area contributed by atoms with Gasteiger partial charge >= 0.3 is 0 Å². The number of hydrogen-bond donors (Lipinski definition) is 3. The van der Waals surface area contributed by atoms with Crippen LogP contribution in [-0.4, -0.2) is 37.0 Å². The van der Waals surface area contributed by atoms with Crippen LogP contribution in [-0.2, 0) is 0 Å². The molecule has 1 aromatic heterocycles. The number of benzene rings is 2. The Balaban J connectivity index is 0.000000640. The molecule has 28 heavy (non-hydrogen) atoms. The first-order valence-corrected chi connectivity index (χ1v) is 8.99. The zero-order valence-electron chi connectivity index (χ0n) is 16.0. The molecule has 0 saturated carbocycles. The molecule has 0 bridgehead atoms. The van der Waals surface area contributed by atoms with Crippen LogP contribution in [0.25, 0.3) is 22.0 Å². The first kappa shape index (κ1) is 21.4. The number of aromatic nitrogens is 1. The number of pyridine rings is 1. The molecule has 0 saturated heterocycles. The maximum atomic E-state index is 14.3. The molecule has 0 aliphatic rings. The van der Waals surface area contributed by atoms with Gasteiger partial charge in [0.05, 0.1) is 31.2 Å². The lowest BCUT2D eigenvalue weighted by Crippen LogP contribution is -2.09. The quantitative estimate of drug-likeness (QED) is 0.603. The van der Waals surface area contributed by atoms with Crippen LogP contribution in [0.4, 0.5) is 4.39 Å². The van der Waals surface area contributed by atoms with Crippen molar-refractivity contribution in [3.8, 4) is 22.6 Å². The molecule has 0 spiro atoms. The van der Waals surface area contributed by atoms with E-state index in [9.17, 15) is 9.18 Å². The smallest absolute Gasteiger partial charge is 0.200 e. The number of nitrogens with one attached hydrogen (secondary N) is 1. The summed E-state index contributed by atoms with van der Waals surface area (Å²) >= 11 is 0. The molecule has 0 fully saturated rings. The van der Waals surface area contributed by atoms with Crippen LogP contribution in [0.2, 0.25) is 0 Å². The summed E-state index contributed by atoms with van der Waals surface area (Å²) in [5.74, 6) is 0.606. The number of aliphatic hydroxyl groups is 1. The number of ether oxygens (including phenoxy) is 2. The molecule has 0 atom stereocenters. The van der Waals surface area contributed by atoms with E-state index in [2.05, 4.69) is 4.98 Å². The van der Waals surface area contributed by atoms with E-state index in [0.29, 0.717) is 41.3 Å². The monoisotopic (exact) mass is 388 g/mol. The van der Waals surface area contributed by atoms with E-state index in [1.165, 1.54) is 12.1 Å². The second-order valence-corrected chi connectivity index (χ2v) is 5.92. The number of fused-ring (bicyclic) bond motifs is 1. The lowest BCUT2D eigenvalue weighted by molar-refractivity contribution is 0.306. The first-order valence-electron chi connectivity index (χ1n) is 8.99. The average molecular weight is 388 g/mol. The molecule has 0 unspecified atom stereocenters. The van der Waals surface area contributed by atoms with Gasteiger partial charge in [-0.05, 0) is 36.2 Å². The third-order valence-electron chi connectivity index (χ3n) is 3.94. The summed E-state index contributed by atoms with van der Waals surface area (Å²) in [7, 11) is 1.57. The lowest BCUT2D eigenvalue weighted by atomic mass is 10.0. The Morgan fingerprint density at radius 1 is 1.18 bits per heavy atom. The minimum Gasteiger partial charge on any atom is -0.497 e. The van der Waals surface area contributed by atoms with Crippen LogP contribution >= 0.6 is 0 Å². The van der Waals surface area contributed by atoms with E-state index in [0.717, 1.165) is 6.42 Å². The fourth-order valence-electron chi connectivity index (χ4n) is 2.59. The van der Waals surface area contributed by atoms with Gasteiger partial charge in [0.25, 0.3) is 0 Å². The second-order valence-electron chi connectivity index (χ2n) is 5.92. The van der Waals surface area contributed by atoms with Crippen molar-refractivity contribution < 1.29 is 19.0 Å². The summed E-state index contributed by atoms with van der Waals surface area (Å²) in [6.45, 7) is 2.96. The van der Waals surface area contributed by atoms with E-state index in [1.807, 2.05) is 6.92 Å². The van der Waals surface area contributed by atoms with Crippen LogP contribution in [0, 0.1) is 5.82 Å². The third kappa shape index (κ3) is 4.88. The van der Waals surface area contributed by atoms with Crippen LogP contribution < -0.4 is 20.6 Å². The van der Waals surface area contributed by atoms with Gasteiger partial charge in [-0.2, -0.15) is 0 Å². The van der Waals surface area contributed by atoms with Crippen molar-refractivity contribution in [3.05, 3.63) is 58.6 Å². The molecular formula is C21H25FN2O4. The normalized spacial score (nSPS) is 10.3. The molecule has 150 valence electrons. The Hall–Kier alpha value is -2.90. The number of aromatic amines is 1. The fraction of sp³-hybridized carbons (Fsp3) is 0.286. The molecule has 1 heterocycles. The number of hydrogen-bond acceptors (Lipinski definition) is 5. The second kappa shape index (κ2) is 10.4. The Bertz CT molecular complexity index is 953. The minimum absolute atomic E-state index is 0.0110. The topological polar surface area (TPSA) is 97.6 Å². The molecular weight excluding hydrogens is 363 g/mol. The largest absolute Gasteiger partial charge is 0.497 e. The molecule has 3 rings (SSSR count). The van der Waals surface area contributed by atoms with Gasteiger partial charge in [-0.1, -0.05) is 19.1 Å². The summed E-state index contributed by atoms with van der Waals surface area (Å²) in [6.07, 6.45) is 2.41. The van der Waals surface area contributed by atoms with Gasteiger partial charge in [-0.25, -0.2) is 4.39 Å². The summed E-state index contributed by atoms with van der Waals surface area (Å²) in [5, 5.41) is 7.76. The van der Waals surface area contributed by atoms with Crippen molar-refractivity contribution in [1.82, 2.24) is 4.98 Å². The van der Waals surface area contributed by atoms with Crippen molar-refractivity contribution in [2.45, 2.75) is 13.3 Å². The van der Waals surface area contributed by atoms with Crippen molar-refractivity contribution in [3.63, 3.8) is 0 Å². The zero-order chi connectivity index (χ0) is 20.5. The number of H-pyrrole nitrogens is 1. The van der Waals surface area contributed by atoms with Crippen molar-refractivity contribution in [2.24, 2.45) is 5.73 Å².